The Labute approximate surface area is 115 Å². The van der Waals surface area contributed by atoms with E-state index in [0.29, 0.717) is 18.8 Å². The summed E-state index contributed by atoms with van der Waals surface area (Å²) in [5, 5.41) is 6.13. The van der Waals surface area contributed by atoms with Crippen LogP contribution in [0.25, 0.3) is 0 Å². The summed E-state index contributed by atoms with van der Waals surface area (Å²) in [4.78, 5) is 25.7. The normalized spacial score (nSPS) is 24.6. The van der Waals surface area contributed by atoms with Crippen molar-refractivity contribution in [3.8, 4) is 0 Å². The Kier molecular flexibility index (Phi) is 4.80. The Morgan fingerprint density at radius 3 is 2.53 bits per heavy atom. The van der Waals surface area contributed by atoms with Gasteiger partial charge in [-0.2, -0.15) is 0 Å². The van der Waals surface area contributed by atoms with E-state index >= 15 is 0 Å². The number of carbonyl (C=O) groups is 2. The molecule has 0 bridgehead atoms. The smallest absolute Gasteiger partial charge is 0.245 e. The molecular formula is C14H25N3O2. The molecule has 0 radical (unpaired) electrons. The number of piperidine rings is 1. The van der Waals surface area contributed by atoms with Crippen LogP contribution in [0.15, 0.2) is 0 Å². The summed E-state index contributed by atoms with van der Waals surface area (Å²) in [5.41, 5.74) is 0. The van der Waals surface area contributed by atoms with Gasteiger partial charge in [-0.1, -0.05) is 0 Å². The first-order valence-electron chi connectivity index (χ1n) is 7.38. The van der Waals surface area contributed by atoms with Gasteiger partial charge in [0.2, 0.25) is 11.8 Å². The number of nitrogens with zero attached hydrogens (tertiary/aromatic N) is 1. The van der Waals surface area contributed by atoms with E-state index in [1.165, 1.54) is 0 Å². The summed E-state index contributed by atoms with van der Waals surface area (Å²) < 4.78 is 0. The van der Waals surface area contributed by atoms with Crippen molar-refractivity contribution in [1.29, 1.82) is 0 Å². The number of amides is 2. The number of carbonyl (C=O) groups excluding carboxylic acids is 2. The minimum Gasteiger partial charge on any atom is -0.344 e. The predicted molar refractivity (Wildman–Crippen MR) is 73.6 cm³/mol. The Balaban J connectivity index is 1.94. The van der Waals surface area contributed by atoms with Crippen molar-refractivity contribution in [2.45, 2.75) is 51.6 Å². The van der Waals surface area contributed by atoms with E-state index < -0.39 is 0 Å². The van der Waals surface area contributed by atoms with Gasteiger partial charge < -0.3 is 15.5 Å². The lowest BCUT2D eigenvalue weighted by Gasteiger charge is -2.34. The number of nitrogens with one attached hydrogen (secondary N) is 2. The zero-order chi connectivity index (χ0) is 13.8. The molecule has 5 nitrogen and oxygen atoms in total. The fraction of sp³-hybridized carbons (Fsp3) is 0.857. The molecule has 1 atom stereocenters. The molecule has 0 saturated carbocycles. The molecule has 2 heterocycles. The highest BCUT2D eigenvalue weighted by Gasteiger charge is 2.32. The molecule has 2 fully saturated rings. The second-order valence-electron chi connectivity index (χ2n) is 5.94. The molecule has 2 amide bonds. The first kappa shape index (κ1) is 14.3. The SMILES string of the molecule is CC(C)N(CC1CCNCC1)C(=O)[C@H]1CCC(=O)N1. The van der Waals surface area contributed by atoms with E-state index in [1.807, 2.05) is 4.90 Å². The van der Waals surface area contributed by atoms with Crippen LogP contribution in [0.3, 0.4) is 0 Å². The lowest BCUT2D eigenvalue weighted by atomic mass is 9.96. The molecule has 19 heavy (non-hydrogen) atoms. The number of hydrogen-bond acceptors (Lipinski definition) is 3. The van der Waals surface area contributed by atoms with Gasteiger partial charge in [-0.15, -0.1) is 0 Å². The van der Waals surface area contributed by atoms with Gasteiger partial charge in [0.05, 0.1) is 0 Å². The summed E-state index contributed by atoms with van der Waals surface area (Å²) in [6.45, 7) is 7.02. The van der Waals surface area contributed by atoms with E-state index in [2.05, 4.69) is 24.5 Å². The average molecular weight is 267 g/mol. The van der Waals surface area contributed by atoms with Crippen LogP contribution in [0, 0.1) is 5.92 Å². The maximum Gasteiger partial charge on any atom is 0.245 e. The molecule has 0 aromatic heterocycles. The van der Waals surface area contributed by atoms with Crippen LogP contribution in [-0.4, -0.2) is 48.4 Å². The summed E-state index contributed by atoms with van der Waals surface area (Å²) in [5.74, 6) is 0.688. The van der Waals surface area contributed by atoms with Crippen molar-refractivity contribution in [3.05, 3.63) is 0 Å². The van der Waals surface area contributed by atoms with Crippen LogP contribution in [0.5, 0.6) is 0 Å². The van der Waals surface area contributed by atoms with Gasteiger partial charge in [0, 0.05) is 19.0 Å². The fourth-order valence-electron chi connectivity index (χ4n) is 2.90. The highest BCUT2D eigenvalue weighted by Crippen LogP contribution is 2.18. The molecule has 2 N–H and O–H groups in total. The third-order valence-corrected chi connectivity index (χ3v) is 4.11. The second-order valence-corrected chi connectivity index (χ2v) is 5.94. The maximum absolute atomic E-state index is 12.5. The molecule has 0 spiro atoms. The number of hydrogen-bond donors (Lipinski definition) is 2. The second kappa shape index (κ2) is 6.37. The Hall–Kier alpha value is -1.10. The minimum atomic E-state index is -0.295. The van der Waals surface area contributed by atoms with Crippen LogP contribution < -0.4 is 10.6 Å². The van der Waals surface area contributed by atoms with E-state index in [4.69, 9.17) is 0 Å². The van der Waals surface area contributed by atoms with Crippen LogP contribution >= 0.6 is 0 Å². The zero-order valence-electron chi connectivity index (χ0n) is 11.9. The summed E-state index contributed by atoms with van der Waals surface area (Å²) in [7, 11) is 0. The van der Waals surface area contributed by atoms with Crippen molar-refractivity contribution in [3.63, 3.8) is 0 Å². The zero-order valence-corrected chi connectivity index (χ0v) is 11.9. The molecule has 2 saturated heterocycles. The Morgan fingerprint density at radius 1 is 1.32 bits per heavy atom. The Bertz CT molecular complexity index is 338. The Morgan fingerprint density at radius 2 is 2.00 bits per heavy atom. The molecule has 5 heteroatoms. The molecule has 0 aromatic carbocycles. The van der Waals surface area contributed by atoms with Crippen molar-refractivity contribution in [1.82, 2.24) is 15.5 Å². The van der Waals surface area contributed by atoms with E-state index in [0.717, 1.165) is 32.5 Å². The maximum atomic E-state index is 12.5. The monoisotopic (exact) mass is 267 g/mol. The van der Waals surface area contributed by atoms with Gasteiger partial charge in [-0.25, -0.2) is 0 Å². The van der Waals surface area contributed by atoms with Crippen molar-refractivity contribution in [2.24, 2.45) is 5.92 Å². The van der Waals surface area contributed by atoms with Gasteiger partial charge >= 0.3 is 0 Å². The first-order chi connectivity index (χ1) is 9.08. The molecule has 2 rings (SSSR count). The fourth-order valence-corrected chi connectivity index (χ4v) is 2.90. The first-order valence-corrected chi connectivity index (χ1v) is 7.38. The third kappa shape index (κ3) is 3.69. The molecule has 0 unspecified atom stereocenters. The molecule has 0 aliphatic carbocycles. The third-order valence-electron chi connectivity index (χ3n) is 4.11. The molecule has 2 aliphatic heterocycles. The van der Waals surface area contributed by atoms with Gasteiger partial charge in [-0.05, 0) is 52.1 Å². The van der Waals surface area contributed by atoms with Gasteiger partial charge in [0.25, 0.3) is 0 Å². The summed E-state index contributed by atoms with van der Waals surface area (Å²) in [6.07, 6.45) is 3.39. The highest BCUT2D eigenvalue weighted by atomic mass is 16.2. The average Bonchev–Trinajstić information content (AvgIpc) is 2.83. The molecule has 0 aromatic rings. The van der Waals surface area contributed by atoms with E-state index in [1.54, 1.807) is 0 Å². The topological polar surface area (TPSA) is 61.4 Å². The van der Waals surface area contributed by atoms with Crippen LogP contribution in [0.1, 0.15) is 39.5 Å². The highest BCUT2D eigenvalue weighted by molar-refractivity contribution is 5.90. The quantitative estimate of drug-likeness (QED) is 0.780. The molecule has 108 valence electrons. The van der Waals surface area contributed by atoms with Gasteiger partial charge in [-0.3, -0.25) is 9.59 Å². The largest absolute Gasteiger partial charge is 0.344 e. The van der Waals surface area contributed by atoms with E-state index in [9.17, 15) is 9.59 Å². The van der Waals surface area contributed by atoms with Gasteiger partial charge in [0.1, 0.15) is 6.04 Å². The molecular weight excluding hydrogens is 242 g/mol. The molecule has 2 aliphatic rings. The number of rotatable bonds is 4. The van der Waals surface area contributed by atoms with Crippen LogP contribution in [0.4, 0.5) is 0 Å². The van der Waals surface area contributed by atoms with Crippen LogP contribution in [0.2, 0.25) is 0 Å². The summed E-state index contributed by atoms with van der Waals surface area (Å²) in [6, 6.07) is -0.100. The minimum absolute atomic E-state index is 0.00363. The van der Waals surface area contributed by atoms with Crippen molar-refractivity contribution in [2.75, 3.05) is 19.6 Å². The lowest BCUT2D eigenvalue weighted by Crippen LogP contribution is -2.50. The van der Waals surface area contributed by atoms with Gasteiger partial charge in [0.15, 0.2) is 0 Å². The van der Waals surface area contributed by atoms with E-state index in [-0.39, 0.29) is 23.9 Å². The summed E-state index contributed by atoms with van der Waals surface area (Å²) >= 11 is 0. The van der Waals surface area contributed by atoms with Crippen LogP contribution in [-0.2, 0) is 9.59 Å². The van der Waals surface area contributed by atoms with Crippen molar-refractivity contribution >= 4 is 11.8 Å². The standard InChI is InChI=1S/C14H25N3O2/c1-10(2)17(9-11-5-7-15-8-6-11)14(19)12-3-4-13(18)16-12/h10-12,15H,3-9H2,1-2H3,(H,16,18)/t12-/m1/s1. The lowest BCUT2D eigenvalue weighted by molar-refractivity contribution is -0.136. The van der Waals surface area contributed by atoms with Crippen molar-refractivity contribution < 1.29 is 9.59 Å². The predicted octanol–water partition coefficient (Wildman–Crippen LogP) is 0.502.